The molecule has 202 valence electrons. The summed E-state index contributed by atoms with van der Waals surface area (Å²) >= 11 is 2.32. The predicted octanol–water partition coefficient (Wildman–Crippen LogP) is 9.87. The maximum absolute atomic E-state index is 5.90. The minimum atomic E-state index is -1.73. The molecule has 34 heavy (non-hydrogen) atoms. The Morgan fingerprint density at radius 3 is 1.82 bits per heavy atom. The summed E-state index contributed by atoms with van der Waals surface area (Å²) in [5, 5.41) is 1.66. The van der Waals surface area contributed by atoms with E-state index in [4.69, 9.17) is 9.72 Å². The van der Waals surface area contributed by atoms with E-state index < -0.39 is 8.24 Å². The Morgan fingerprint density at radius 2 is 1.32 bits per heavy atom. The smallest absolute Gasteiger partial charge is 0.659 e. The molecule has 1 aliphatic heterocycles. The number of thioether (sulfide) groups is 1. The van der Waals surface area contributed by atoms with Crippen LogP contribution in [0, 0.1) is 46.0 Å². The van der Waals surface area contributed by atoms with E-state index in [9.17, 15) is 0 Å². The van der Waals surface area contributed by atoms with E-state index in [2.05, 4.69) is 87.5 Å². The Kier molecular flexibility index (Phi) is 18.2. The number of nitrogens with zero attached hydrogens (tertiary/aromatic N) is 1. The Labute approximate surface area is 237 Å². The summed E-state index contributed by atoms with van der Waals surface area (Å²) in [6, 6.07) is 1.37. The molecule has 1 aliphatic carbocycles. The molecule has 0 amide bonds. The van der Waals surface area contributed by atoms with Crippen molar-refractivity contribution in [3.05, 3.63) is 27.3 Å². The fourth-order valence-corrected chi connectivity index (χ4v) is 15.0. The second-order valence-electron chi connectivity index (χ2n) is 12.8. The molecule has 8 atom stereocenters. The average Bonchev–Trinajstić information content (AvgIpc) is 2.98. The third-order valence-corrected chi connectivity index (χ3v) is 14.8. The zero-order valence-corrected chi connectivity index (χ0v) is 28.9. The van der Waals surface area contributed by atoms with Gasteiger partial charge in [0, 0.05) is 17.1 Å². The van der Waals surface area contributed by atoms with Crippen molar-refractivity contribution in [1.82, 2.24) is 0 Å². The molecule has 1 saturated heterocycles. The summed E-state index contributed by atoms with van der Waals surface area (Å²) in [7, 11) is -1.73. The van der Waals surface area contributed by atoms with Crippen LogP contribution in [0.5, 0.6) is 0 Å². The third-order valence-electron chi connectivity index (χ3n) is 7.88. The van der Waals surface area contributed by atoms with Crippen LogP contribution in [-0.2, 0) is 26.5 Å². The van der Waals surface area contributed by atoms with Crippen molar-refractivity contribution < 1.29 is 26.5 Å². The van der Waals surface area contributed by atoms with Crippen LogP contribution in [0.4, 0.5) is 0 Å². The molecule has 0 bridgehead atoms. The normalized spacial score (nSPS) is 32.4. The Balaban J connectivity index is -0.00000240. The second kappa shape index (κ2) is 15.6. The topological polar surface area (TPSA) is 23.3 Å². The van der Waals surface area contributed by atoms with E-state index in [1.165, 1.54) is 31.7 Å². The van der Waals surface area contributed by atoms with Gasteiger partial charge in [0.15, 0.2) is 0 Å². The largest absolute Gasteiger partial charge is 4.00 e. The standard InChI is InChI=1S/C26H52NOSSi.3CH3.Ti/c1-18-19(2)24(23-22(18)20(3)21(4)29-23)30(11,27-25(5,6)7)17-15-13-12-14-16-28-26(8,9)10;;;;/h18-24H,12-17H2,1-11H3;3*1H3;/q4*-1;+4. The first-order valence-electron chi connectivity index (χ1n) is 12.7. The molecule has 0 aromatic heterocycles. The molecule has 2 aliphatic rings. The molecule has 1 heterocycles. The molecule has 5 heteroatoms. The van der Waals surface area contributed by atoms with Crippen LogP contribution >= 0.6 is 11.8 Å². The van der Waals surface area contributed by atoms with Gasteiger partial charge >= 0.3 is 21.7 Å². The van der Waals surface area contributed by atoms with E-state index in [0.29, 0.717) is 0 Å². The maximum atomic E-state index is 5.90. The zero-order valence-electron chi connectivity index (χ0n) is 25.5. The molecule has 8 unspecified atom stereocenters. The fourth-order valence-electron chi connectivity index (χ4n) is 6.45. The molecule has 0 aromatic carbocycles. The van der Waals surface area contributed by atoms with Crippen LogP contribution in [0.15, 0.2) is 0 Å². The summed E-state index contributed by atoms with van der Waals surface area (Å²) in [5.41, 5.74) is 0.928. The summed E-state index contributed by atoms with van der Waals surface area (Å²) < 4.78 is 5.90. The number of hydrogen-bond donors (Lipinski definition) is 0. The first kappa shape index (κ1) is 39.7. The van der Waals surface area contributed by atoms with Crippen LogP contribution < -0.4 is 0 Å². The van der Waals surface area contributed by atoms with Gasteiger partial charge in [-0.25, -0.2) is 0 Å². The average molecular weight is 548 g/mol. The minimum absolute atomic E-state index is 0. The van der Waals surface area contributed by atoms with Gasteiger partial charge < -0.3 is 32.0 Å². The quantitative estimate of drug-likeness (QED) is 0.163. The number of fused-ring (bicyclic) bond motifs is 1. The third kappa shape index (κ3) is 10.5. The molecule has 0 aromatic rings. The van der Waals surface area contributed by atoms with Gasteiger partial charge in [0.1, 0.15) is 0 Å². The summed E-state index contributed by atoms with van der Waals surface area (Å²) in [6.07, 6.45) is 5.17. The van der Waals surface area contributed by atoms with Crippen molar-refractivity contribution in [2.24, 2.45) is 23.7 Å². The van der Waals surface area contributed by atoms with Gasteiger partial charge in [-0.1, -0.05) is 88.6 Å². The monoisotopic (exact) mass is 547 g/mol. The van der Waals surface area contributed by atoms with E-state index in [1.807, 2.05) is 0 Å². The van der Waals surface area contributed by atoms with Crippen molar-refractivity contribution in [2.75, 3.05) is 6.61 Å². The minimum Gasteiger partial charge on any atom is -0.659 e. The number of ether oxygens (including phenoxy) is 1. The first-order valence-corrected chi connectivity index (χ1v) is 16.4. The van der Waals surface area contributed by atoms with Crippen LogP contribution in [0.3, 0.4) is 0 Å². The van der Waals surface area contributed by atoms with Crippen molar-refractivity contribution in [3.8, 4) is 0 Å². The number of hydrogen-bond acceptors (Lipinski definition) is 2. The molecular weight excluding hydrogens is 486 g/mol. The Morgan fingerprint density at radius 1 is 0.794 bits per heavy atom. The summed E-state index contributed by atoms with van der Waals surface area (Å²) in [5.74, 6) is 3.44. The van der Waals surface area contributed by atoms with Crippen LogP contribution in [0.25, 0.3) is 4.98 Å². The van der Waals surface area contributed by atoms with E-state index in [-0.39, 0.29) is 55.1 Å². The molecule has 0 radical (unpaired) electrons. The van der Waals surface area contributed by atoms with Gasteiger partial charge in [-0.2, -0.15) is 11.8 Å². The van der Waals surface area contributed by atoms with E-state index in [0.717, 1.165) is 46.3 Å². The molecule has 0 spiro atoms. The number of rotatable bonds is 9. The van der Waals surface area contributed by atoms with E-state index in [1.54, 1.807) is 0 Å². The van der Waals surface area contributed by atoms with Crippen molar-refractivity contribution >= 4 is 20.0 Å². The zero-order chi connectivity index (χ0) is 22.9. The summed E-state index contributed by atoms with van der Waals surface area (Å²) in [4.78, 5) is 5.69. The van der Waals surface area contributed by atoms with Gasteiger partial charge in [-0.3, -0.25) is 0 Å². The van der Waals surface area contributed by atoms with Gasteiger partial charge in [0.05, 0.1) is 5.60 Å². The van der Waals surface area contributed by atoms with Crippen LogP contribution in [0.2, 0.25) is 18.1 Å². The van der Waals surface area contributed by atoms with E-state index >= 15 is 0 Å². The fraction of sp³-hybridized carbons (Fsp3) is 0.897. The first-order chi connectivity index (χ1) is 13.7. The van der Waals surface area contributed by atoms with Crippen molar-refractivity contribution in [3.63, 3.8) is 0 Å². The Hall–Kier alpha value is 1.20. The molecular formula is C29H61NOSSiTi. The van der Waals surface area contributed by atoms with Crippen molar-refractivity contribution in [2.45, 2.75) is 135 Å². The molecule has 1 saturated carbocycles. The number of unbranched alkanes of at least 4 members (excludes halogenated alkanes) is 3. The molecule has 2 nitrogen and oxygen atoms in total. The Bertz CT molecular complexity index is 549. The van der Waals surface area contributed by atoms with Crippen LogP contribution in [0.1, 0.15) is 94.9 Å². The van der Waals surface area contributed by atoms with Gasteiger partial charge in [0.2, 0.25) is 0 Å². The molecule has 0 N–H and O–H groups in total. The second-order valence-corrected chi connectivity index (χ2v) is 18.4. The molecule has 2 rings (SSSR count). The maximum Gasteiger partial charge on any atom is 4.00 e. The van der Waals surface area contributed by atoms with Crippen LogP contribution in [-0.4, -0.2) is 36.5 Å². The van der Waals surface area contributed by atoms with Gasteiger partial charge in [-0.15, -0.1) is 5.54 Å². The van der Waals surface area contributed by atoms with Gasteiger partial charge in [0.25, 0.3) is 0 Å². The SMILES string of the molecule is CC1SC2C(C1C)C(C)C(C)C2[Si](C)(CCCCCCOC(C)(C)C)[N-]C(C)(C)C.[CH3-].[CH3-].[CH3-].[Ti+4]. The van der Waals surface area contributed by atoms with Gasteiger partial charge in [-0.05, 0) is 56.4 Å². The summed E-state index contributed by atoms with van der Waals surface area (Å²) in [6.45, 7) is 27.1. The van der Waals surface area contributed by atoms with Crippen molar-refractivity contribution in [1.29, 1.82) is 0 Å². The predicted molar refractivity (Wildman–Crippen MR) is 159 cm³/mol. The molecule has 2 fully saturated rings.